The summed E-state index contributed by atoms with van der Waals surface area (Å²) in [4.78, 5) is 25.6. The molecule has 1 fully saturated rings. The van der Waals surface area contributed by atoms with Gasteiger partial charge >= 0.3 is 0 Å². The van der Waals surface area contributed by atoms with Gasteiger partial charge in [-0.1, -0.05) is 58.3 Å². The standard InChI is InChI=1S/C18H34N2O2/c1-3-4-5-6-7-8-9-10-11-13-16(21)18(2,19)20-15-12-14-17(20)22/h3-15,19H2,1-2H3. The Hall–Kier alpha value is -0.900. The second kappa shape index (κ2) is 9.98. The van der Waals surface area contributed by atoms with Crippen LogP contribution >= 0.6 is 0 Å². The summed E-state index contributed by atoms with van der Waals surface area (Å²) in [6, 6.07) is 0. The highest BCUT2D eigenvalue weighted by Gasteiger charge is 2.39. The molecule has 0 saturated carbocycles. The van der Waals surface area contributed by atoms with E-state index in [-0.39, 0.29) is 11.7 Å². The van der Waals surface area contributed by atoms with Crippen molar-refractivity contribution in [2.75, 3.05) is 6.54 Å². The highest BCUT2D eigenvalue weighted by Crippen LogP contribution is 2.21. The molecule has 0 aromatic rings. The number of hydrogen-bond acceptors (Lipinski definition) is 3. The first kappa shape index (κ1) is 19.1. The number of nitrogens with zero attached hydrogens (tertiary/aromatic N) is 1. The third kappa shape index (κ3) is 6.07. The minimum atomic E-state index is -1.10. The molecule has 1 heterocycles. The van der Waals surface area contributed by atoms with Crippen molar-refractivity contribution in [3.63, 3.8) is 0 Å². The molecule has 4 nitrogen and oxygen atoms in total. The molecule has 1 unspecified atom stereocenters. The van der Waals surface area contributed by atoms with E-state index in [2.05, 4.69) is 6.92 Å². The molecule has 4 heteroatoms. The molecule has 0 aromatic carbocycles. The van der Waals surface area contributed by atoms with Gasteiger partial charge in [0.25, 0.3) is 0 Å². The van der Waals surface area contributed by atoms with Gasteiger partial charge in [0.1, 0.15) is 5.66 Å². The van der Waals surface area contributed by atoms with Crippen molar-refractivity contribution < 1.29 is 9.59 Å². The molecule has 2 N–H and O–H groups in total. The summed E-state index contributed by atoms with van der Waals surface area (Å²) in [5.41, 5.74) is 5.02. The largest absolute Gasteiger partial charge is 0.318 e. The topological polar surface area (TPSA) is 63.4 Å². The predicted molar refractivity (Wildman–Crippen MR) is 90.4 cm³/mol. The number of unbranched alkanes of at least 4 members (excludes halogenated alkanes) is 8. The Labute approximate surface area is 135 Å². The van der Waals surface area contributed by atoms with E-state index in [4.69, 9.17) is 5.73 Å². The monoisotopic (exact) mass is 310 g/mol. The number of amides is 1. The fourth-order valence-corrected chi connectivity index (χ4v) is 3.14. The van der Waals surface area contributed by atoms with E-state index >= 15 is 0 Å². The zero-order valence-electron chi connectivity index (χ0n) is 14.5. The van der Waals surface area contributed by atoms with Crippen LogP contribution in [0.5, 0.6) is 0 Å². The van der Waals surface area contributed by atoms with E-state index in [1.165, 1.54) is 44.9 Å². The molecule has 1 rings (SSSR count). The Balaban J connectivity index is 2.11. The average molecular weight is 310 g/mol. The lowest BCUT2D eigenvalue weighted by atomic mass is 9.99. The van der Waals surface area contributed by atoms with E-state index in [1.54, 1.807) is 11.8 Å². The Morgan fingerprint density at radius 1 is 1.09 bits per heavy atom. The van der Waals surface area contributed by atoms with Crippen LogP contribution in [0.25, 0.3) is 0 Å². The molecular weight excluding hydrogens is 276 g/mol. The summed E-state index contributed by atoms with van der Waals surface area (Å²) >= 11 is 0. The fraction of sp³-hybridized carbons (Fsp3) is 0.889. The van der Waals surface area contributed by atoms with E-state index in [9.17, 15) is 9.59 Å². The number of likely N-dealkylation sites (tertiary alicyclic amines) is 1. The van der Waals surface area contributed by atoms with Crippen molar-refractivity contribution in [3.8, 4) is 0 Å². The average Bonchev–Trinajstić information content (AvgIpc) is 2.92. The summed E-state index contributed by atoms with van der Waals surface area (Å²) in [5, 5.41) is 0. The Morgan fingerprint density at radius 3 is 2.14 bits per heavy atom. The van der Waals surface area contributed by atoms with Crippen LogP contribution in [0, 0.1) is 0 Å². The zero-order valence-corrected chi connectivity index (χ0v) is 14.5. The van der Waals surface area contributed by atoms with Crippen LogP contribution < -0.4 is 5.73 Å². The number of ketones is 1. The molecule has 22 heavy (non-hydrogen) atoms. The van der Waals surface area contributed by atoms with E-state index in [1.807, 2.05) is 0 Å². The van der Waals surface area contributed by atoms with Crippen molar-refractivity contribution in [3.05, 3.63) is 0 Å². The Morgan fingerprint density at radius 2 is 1.64 bits per heavy atom. The maximum Gasteiger partial charge on any atom is 0.224 e. The summed E-state index contributed by atoms with van der Waals surface area (Å²) in [6.45, 7) is 4.54. The van der Waals surface area contributed by atoms with Gasteiger partial charge in [0, 0.05) is 19.4 Å². The van der Waals surface area contributed by atoms with Crippen LogP contribution in [0.2, 0.25) is 0 Å². The van der Waals surface area contributed by atoms with Crippen LogP contribution in [0.4, 0.5) is 0 Å². The highest BCUT2D eigenvalue weighted by molar-refractivity contribution is 5.92. The van der Waals surface area contributed by atoms with Gasteiger partial charge in [-0.25, -0.2) is 0 Å². The SMILES string of the molecule is CCCCCCCCCCCC(=O)C(C)(N)N1CCCC1=O. The van der Waals surface area contributed by atoms with Gasteiger partial charge in [0.05, 0.1) is 0 Å². The summed E-state index contributed by atoms with van der Waals surface area (Å²) in [7, 11) is 0. The number of rotatable bonds is 12. The highest BCUT2D eigenvalue weighted by atomic mass is 16.2. The zero-order chi connectivity index (χ0) is 16.4. The summed E-state index contributed by atoms with van der Waals surface area (Å²) in [5.74, 6) is 0.0242. The Bertz CT molecular complexity index is 353. The van der Waals surface area contributed by atoms with Crippen molar-refractivity contribution in [1.82, 2.24) is 4.90 Å². The molecule has 1 saturated heterocycles. The number of carbonyl (C=O) groups excluding carboxylic acids is 2. The molecule has 0 aromatic heterocycles. The van der Waals surface area contributed by atoms with Gasteiger partial charge in [-0.15, -0.1) is 0 Å². The molecule has 1 amide bonds. The van der Waals surface area contributed by atoms with Crippen molar-refractivity contribution >= 4 is 11.7 Å². The molecule has 128 valence electrons. The smallest absolute Gasteiger partial charge is 0.224 e. The first-order chi connectivity index (χ1) is 10.5. The lowest BCUT2D eigenvalue weighted by molar-refractivity contribution is -0.142. The first-order valence-corrected chi connectivity index (χ1v) is 9.12. The third-order valence-corrected chi connectivity index (χ3v) is 4.71. The van der Waals surface area contributed by atoms with Gasteiger partial charge in [-0.05, 0) is 19.8 Å². The van der Waals surface area contributed by atoms with Gasteiger partial charge in [0.15, 0.2) is 5.78 Å². The predicted octanol–water partition coefficient (Wildman–Crippen LogP) is 3.77. The minimum Gasteiger partial charge on any atom is -0.318 e. The number of carbonyl (C=O) groups is 2. The molecule has 0 aliphatic carbocycles. The van der Waals surface area contributed by atoms with Gasteiger partial charge < -0.3 is 10.6 Å². The van der Waals surface area contributed by atoms with Crippen LogP contribution in [0.3, 0.4) is 0 Å². The van der Waals surface area contributed by atoms with E-state index in [0.29, 0.717) is 19.4 Å². The maximum absolute atomic E-state index is 12.3. The van der Waals surface area contributed by atoms with Crippen LogP contribution in [-0.2, 0) is 9.59 Å². The second-order valence-electron chi connectivity index (χ2n) is 6.80. The fourth-order valence-electron chi connectivity index (χ4n) is 3.14. The van der Waals surface area contributed by atoms with Crippen molar-refractivity contribution in [2.24, 2.45) is 5.73 Å². The van der Waals surface area contributed by atoms with Crippen molar-refractivity contribution in [1.29, 1.82) is 0 Å². The maximum atomic E-state index is 12.3. The first-order valence-electron chi connectivity index (χ1n) is 9.12. The number of hydrogen-bond donors (Lipinski definition) is 1. The molecule has 0 spiro atoms. The summed E-state index contributed by atoms with van der Waals surface area (Å²) < 4.78 is 0. The van der Waals surface area contributed by atoms with Crippen LogP contribution in [0.1, 0.15) is 90.9 Å². The van der Waals surface area contributed by atoms with Crippen molar-refractivity contribution in [2.45, 2.75) is 96.6 Å². The molecule has 1 aliphatic rings. The molecule has 0 radical (unpaired) electrons. The van der Waals surface area contributed by atoms with Crippen LogP contribution in [-0.4, -0.2) is 28.8 Å². The Kier molecular flexibility index (Phi) is 8.69. The molecule has 1 aliphatic heterocycles. The number of nitrogens with two attached hydrogens (primary N) is 1. The molecule has 1 atom stereocenters. The lowest BCUT2D eigenvalue weighted by Gasteiger charge is -2.33. The normalized spacial score (nSPS) is 17.8. The number of Topliss-reactive ketones (excluding diaryl/α,β-unsaturated/α-hetero) is 1. The van der Waals surface area contributed by atoms with Gasteiger partial charge in [-0.2, -0.15) is 0 Å². The van der Waals surface area contributed by atoms with Gasteiger partial charge in [-0.3, -0.25) is 9.59 Å². The van der Waals surface area contributed by atoms with Crippen LogP contribution in [0.15, 0.2) is 0 Å². The minimum absolute atomic E-state index is 0.00527. The summed E-state index contributed by atoms with van der Waals surface area (Å²) in [6.07, 6.45) is 12.9. The van der Waals surface area contributed by atoms with Gasteiger partial charge in [0.2, 0.25) is 5.91 Å². The van der Waals surface area contributed by atoms with E-state index < -0.39 is 5.66 Å². The second-order valence-corrected chi connectivity index (χ2v) is 6.80. The molecular formula is C18H34N2O2. The lowest BCUT2D eigenvalue weighted by Crippen LogP contribution is -2.59. The molecule has 0 bridgehead atoms. The quantitative estimate of drug-likeness (QED) is 0.558. The third-order valence-electron chi connectivity index (χ3n) is 4.71. The van der Waals surface area contributed by atoms with E-state index in [0.717, 1.165) is 19.3 Å².